The molecule has 0 aromatic carbocycles. The number of aromatic nitrogens is 1. The van der Waals surface area contributed by atoms with Gasteiger partial charge in [-0.2, -0.15) is 0 Å². The molecule has 5 heteroatoms. The third-order valence-corrected chi connectivity index (χ3v) is 4.34. The summed E-state index contributed by atoms with van der Waals surface area (Å²) in [5.74, 6) is 0.284. The Morgan fingerprint density at radius 1 is 1.38 bits per heavy atom. The van der Waals surface area contributed by atoms with Crippen LogP contribution in [0.2, 0.25) is 0 Å². The van der Waals surface area contributed by atoms with Crippen LogP contribution in [-0.2, 0) is 9.84 Å². The van der Waals surface area contributed by atoms with Crippen LogP contribution in [-0.4, -0.2) is 19.7 Å². The Kier molecular flexibility index (Phi) is 2.77. The maximum absolute atomic E-state index is 11.2. The Balaban J connectivity index is 3.25. The summed E-state index contributed by atoms with van der Waals surface area (Å²) >= 11 is 1.25. The SMILES string of the molecule is Cc1sc(S(C)(=O)=O)nc1C(C)C. The van der Waals surface area contributed by atoms with Crippen molar-refractivity contribution in [2.75, 3.05) is 6.26 Å². The van der Waals surface area contributed by atoms with Crippen molar-refractivity contribution < 1.29 is 8.42 Å². The summed E-state index contributed by atoms with van der Waals surface area (Å²) in [7, 11) is -3.13. The fraction of sp³-hybridized carbons (Fsp3) is 0.625. The molecule has 13 heavy (non-hydrogen) atoms. The van der Waals surface area contributed by atoms with Gasteiger partial charge in [-0.25, -0.2) is 13.4 Å². The standard InChI is InChI=1S/C8H13NO2S2/c1-5(2)7-6(3)12-8(9-7)13(4,10)11/h5H,1-4H3. The van der Waals surface area contributed by atoms with Gasteiger partial charge in [-0.15, -0.1) is 11.3 Å². The summed E-state index contributed by atoms with van der Waals surface area (Å²) in [6.07, 6.45) is 1.19. The predicted molar refractivity (Wildman–Crippen MR) is 54.0 cm³/mol. The molecule has 0 atom stereocenters. The van der Waals surface area contributed by atoms with E-state index >= 15 is 0 Å². The van der Waals surface area contributed by atoms with E-state index in [0.29, 0.717) is 0 Å². The first-order chi connectivity index (χ1) is 5.82. The van der Waals surface area contributed by atoms with Gasteiger partial charge in [0.25, 0.3) is 0 Å². The molecule has 0 radical (unpaired) electrons. The molecule has 0 spiro atoms. The van der Waals surface area contributed by atoms with Crippen molar-refractivity contribution >= 4 is 21.2 Å². The van der Waals surface area contributed by atoms with Crippen LogP contribution in [0.5, 0.6) is 0 Å². The zero-order valence-corrected chi connectivity index (χ0v) is 9.79. The molecule has 1 aromatic rings. The molecule has 0 saturated heterocycles. The summed E-state index contributed by atoms with van der Waals surface area (Å²) in [6, 6.07) is 0. The lowest BCUT2D eigenvalue weighted by Crippen LogP contribution is -1.97. The van der Waals surface area contributed by atoms with E-state index in [9.17, 15) is 8.42 Å². The fourth-order valence-corrected chi connectivity index (χ4v) is 3.11. The Morgan fingerprint density at radius 3 is 2.15 bits per heavy atom. The highest BCUT2D eigenvalue weighted by atomic mass is 32.2. The van der Waals surface area contributed by atoms with Gasteiger partial charge >= 0.3 is 0 Å². The third-order valence-electron chi connectivity index (χ3n) is 1.68. The number of thiazole rings is 1. The van der Waals surface area contributed by atoms with Gasteiger partial charge in [-0.1, -0.05) is 13.8 Å². The van der Waals surface area contributed by atoms with Crippen LogP contribution < -0.4 is 0 Å². The minimum absolute atomic E-state index is 0.230. The summed E-state index contributed by atoms with van der Waals surface area (Å²) in [4.78, 5) is 5.11. The monoisotopic (exact) mass is 219 g/mol. The Hall–Kier alpha value is -0.420. The molecule has 1 rings (SSSR count). The predicted octanol–water partition coefficient (Wildman–Crippen LogP) is 1.98. The van der Waals surface area contributed by atoms with E-state index in [0.717, 1.165) is 10.6 Å². The van der Waals surface area contributed by atoms with Gasteiger partial charge in [0, 0.05) is 11.1 Å². The molecule has 0 aliphatic rings. The van der Waals surface area contributed by atoms with Crippen LogP contribution in [0.15, 0.2) is 4.34 Å². The lowest BCUT2D eigenvalue weighted by Gasteiger charge is -1.99. The Bertz CT molecular complexity index is 404. The van der Waals surface area contributed by atoms with E-state index in [-0.39, 0.29) is 10.3 Å². The molecule has 0 amide bonds. The molecule has 0 unspecified atom stereocenters. The first-order valence-electron chi connectivity index (χ1n) is 3.99. The zero-order chi connectivity index (χ0) is 10.2. The summed E-state index contributed by atoms with van der Waals surface area (Å²) in [5, 5.41) is 0. The van der Waals surface area contributed by atoms with Crippen molar-refractivity contribution in [3.05, 3.63) is 10.6 Å². The van der Waals surface area contributed by atoms with Crippen LogP contribution in [0.4, 0.5) is 0 Å². The van der Waals surface area contributed by atoms with Crippen molar-refractivity contribution in [3.63, 3.8) is 0 Å². The molecule has 0 bridgehead atoms. The molecular weight excluding hydrogens is 206 g/mol. The third kappa shape index (κ3) is 2.28. The highest BCUT2D eigenvalue weighted by Gasteiger charge is 2.17. The second-order valence-corrected chi connectivity index (χ2v) is 6.74. The lowest BCUT2D eigenvalue weighted by atomic mass is 10.1. The van der Waals surface area contributed by atoms with Crippen molar-refractivity contribution in [2.24, 2.45) is 0 Å². The largest absolute Gasteiger partial charge is 0.230 e. The second-order valence-electron chi connectivity index (χ2n) is 3.35. The highest BCUT2D eigenvalue weighted by molar-refractivity contribution is 7.92. The van der Waals surface area contributed by atoms with Gasteiger partial charge in [0.2, 0.25) is 14.2 Å². The lowest BCUT2D eigenvalue weighted by molar-refractivity contribution is 0.600. The Morgan fingerprint density at radius 2 is 1.92 bits per heavy atom. The molecule has 3 nitrogen and oxygen atoms in total. The van der Waals surface area contributed by atoms with Crippen LogP contribution in [0.3, 0.4) is 0 Å². The molecule has 0 aliphatic carbocycles. The van der Waals surface area contributed by atoms with E-state index in [1.165, 1.54) is 17.6 Å². The van der Waals surface area contributed by atoms with E-state index < -0.39 is 9.84 Å². The normalized spacial score (nSPS) is 12.4. The first kappa shape index (κ1) is 10.7. The van der Waals surface area contributed by atoms with Gasteiger partial charge in [0.05, 0.1) is 5.69 Å². The van der Waals surface area contributed by atoms with Gasteiger partial charge in [0.15, 0.2) is 0 Å². The topological polar surface area (TPSA) is 47.0 Å². The van der Waals surface area contributed by atoms with Crippen LogP contribution in [0.1, 0.15) is 30.3 Å². The molecular formula is C8H13NO2S2. The first-order valence-corrected chi connectivity index (χ1v) is 6.70. The Labute approximate surface area is 82.7 Å². The summed E-state index contributed by atoms with van der Waals surface area (Å²) < 4.78 is 22.6. The average molecular weight is 219 g/mol. The molecule has 0 aliphatic heterocycles. The van der Waals surface area contributed by atoms with Gasteiger partial charge in [-0.05, 0) is 12.8 Å². The van der Waals surface area contributed by atoms with Crippen molar-refractivity contribution in [1.82, 2.24) is 4.98 Å². The summed E-state index contributed by atoms with van der Waals surface area (Å²) in [6.45, 7) is 5.92. The fourth-order valence-electron chi connectivity index (χ4n) is 1.08. The maximum atomic E-state index is 11.2. The van der Waals surface area contributed by atoms with E-state index in [4.69, 9.17) is 0 Å². The van der Waals surface area contributed by atoms with Crippen LogP contribution >= 0.6 is 11.3 Å². The number of rotatable bonds is 2. The van der Waals surface area contributed by atoms with E-state index in [2.05, 4.69) is 4.98 Å². The molecule has 74 valence electrons. The summed E-state index contributed by atoms with van der Waals surface area (Å²) in [5.41, 5.74) is 0.894. The smallest absolute Gasteiger partial charge is 0.209 e. The number of sulfone groups is 1. The highest BCUT2D eigenvalue weighted by Crippen LogP contribution is 2.26. The van der Waals surface area contributed by atoms with E-state index in [1.807, 2.05) is 20.8 Å². The van der Waals surface area contributed by atoms with Gasteiger partial charge in [-0.3, -0.25) is 0 Å². The molecule has 1 heterocycles. The van der Waals surface area contributed by atoms with Gasteiger partial charge in [0.1, 0.15) is 0 Å². The minimum Gasteiger partial charge on any atom is -0.230 e. The number of hydrogen-bond donors (Lipinski definition) is 0. The minimum atomic E-state index is -3.13. The van der Waals surface area contributed by atoms with Gasteiger partial charge < -0.3 is 0 Å². The van der Waals surface area contributed by atoms with Crippen molar-refractivity contribution in [2.45, 2.75) is 31.0 Å². The van der Waals surface area contributed by atoms with Crippen molar-refractivity contribution in [3.8, 4) is 0 Å². The van der Waals surface area contributed by atoms with Crippen LogP contribution in [0.25, 0.3) is 0 Å². The van der Waals surface area contributed by atoms with E-state index in [1.54, 1.807) is 0 Å². The second kappa shape index (κ2) is 3.38. The molecule has 0 N–H and O–H groups in total. The maximum Gasteiger partial charge on any atom is 0.209 e. The number of nitrogens with zero attached hydrogens (tertiary/aromatic N) is 1. The molecule has 0 fully saturated rings. The molecule has 0 saturated carbocycles. The zero-order valence-electron chi connectivity index (χ0n) is 8.16. The number of hydrogen-bond acceptors (Lipinski definition) is 4. The van der Waals surface area contributed by atoms with Crippen LogP contribution in [0, 0.1) is 6.92 Å². The number of aryl methyl sites for hydroxylation is 1. The average Bonchev–Trinajstić information content (AvgIpc) is 2.29. The quantitative estimate of drug-likeness (QED) is 0.764. The molecule has 1 aromatic heterocycles. The van der Waals surface area contributed by atoms with Crippen molar-refractivity contribution in [1.29, 1.82) is 0 Å².